The van der Waals surface area contributed by atoms with E-state index in [2.05, 4.69) is 22.0 Å². The smallest absolute Gasteiger partial charge is 0.243 e. The number of hydrogen-bond acceptors (Lipinski definition) is 5. The van der Waals surface area contributed by atoms with Crippen molar-refractivity contribution in [3.8, 4) is 5.75 Å². The van der Waals surface area contributed by atoms with E-state index < -0.39 is 18.1 Å². The molecule has 0 bridgehead atoms. The SMILES string of the molecule is CCC[C@@H]1NC[C@@H](C)Oc2ccccc2CCCNC(=O)[C@@H](C2CCCCC2)NC(=O)[C@@H](C)N(C)C1=O. The molecule has 0 radical (unpaired) electrons. The van der Waals surface area contributed by atoms with Crippen molar-refractivity contribution >= 4 is 17.7 Å². The Kier molecular flexibility index (Phi) is 11.2. The molecule has 1 aliphatic carbocycles. The van der Waals surface area contributed by atoms with Gasteiger partial charge in [0.2, 0.25) is 17.7 Å². The largest absolute Gasteiger partial charge is 0.489 e. The van der Waals surface area contributed by atoms with E-state index in [-0.39, 0.29) is 29.7 Å². The Hall–Kier alpha value is -2.61. The predicted molar refractivity (Wildman–Crippen MR) is 145 cm³/mol. The van der Waals surface area contributed by atoms with Crippen LogP contribution >= 0.6 is 0 Å². The number of nitrogens with one attached hydrogen (secondary N) is 3. The van der Waals surface area contributed by atoms with E-state index in [1.54, 1.807) is 14.0 Å². The number of carbonyl (C=O) groups excluding carboxylic acids is 3. The lowest BCUT2D eigenvalue weighted by Crippen LogP contribution is -2.58. The van der Waals surface area contributed by atoms with Crippen molar-refractivity contribution in [2.24, 2.45) is 5.92 Å². The zero-order valence-corrected chi connectivity index (χ0v) is 23.1. The van der Waals surface area contributed by atoms with Crippen LogP contribution in [0.25, 0.3) is 0 Å². The minimum atomic E-state index is -0.688. The van der Waals surface area contributed by atoms with Crippen LogP contribution in [0.5, 0.6) is 5.75 Å². The third-order valence-electron chi connectivity index (χ3n) is 7.76. The fraction of sp³-hybridized carbons (Fsp3) is 0.690. The lowest BCUT2D eigenvalue weighted by atomic mass is 9.83. The van der Waals surface area contributed by atoms with Gasteiger partial charge in [-0.15, -0.1) is 0 Å². The molecule has 1 fully saturated rings. The van der Waals surface area contributed by atoms with Gasteiger partial charge in [-0.1, -0.05) is 50.8 Å². The maximum Gasteiger partial charge on any atom is 0.243 e. The summed E-state index contributed by atoms with van der Waals surface area (Å²) in [7, 11) is 1.67. The fourth-order valence-electron chi connectivity index (χ4n) is 5.35. The summed E-state index contributed by atoms with van der Waals surface area (Å²) in [4.78, 5) is 41.5. The minimum Gasteiger partial charge on any atom is -0.489 e. The number of carbonyl (C=O) groups is 3. The predicted octanol–water partition coefficient (Wildman–Crippen LogP) is 3.19. The third-order valence-corrected chi connectivity index (χ3v) is 7.76. The number of aryl methyl sites for hydroxylation is 1. The Morgan fingerprint density at radius 3 is 2.46 bits per heavy atom. The summed E-state index contributed by atoms with van der Waals surface area (Å²) < 4.78 is 6.25. The van der Waals surface area contributed by atoms with Crippen LogP contribution in [-0.4, -0.2) is 67.0 Å². The molecule has 3 rings (SSSR count). The maximum atomic E-state index is 13.4. The van der Waals surface area contributed by atoms with Crippen LogP contribution in [0, 0.1) is 5.92 Å². The molecular weight excluding hydrogens is 468 g/mol. The van der Waals surface area contributed by atoms with Crippen molar-refractivity contribution < 1.29 is 19.1 Å². The van der Waals surface area contributed by atoms with Gasteiger partial charge < -0.3 is 25.6 Å². The molecule has 3 N–H and O–H groups in total. The third kappa shape index (κ3) is 8.19. The van der Waals surface area contributed by atoms with E-state index in [1.165, 1.54) is 11.3 Å². The van der Waals surface area contributed by atoms with Gasteiger partial charge in [-0.05, 0) is 63.5 Å². The molecule has 1 aliphatic heterocycles. The molecule has 1 heterocycles. The van der Waals surface area contributed by atoms with Crippen LogP contribution in [0.2, 0.25) is 0 Å². The van der Waals surface area contributed by atoms with E-state index in [0.717, 1.165) is 56.3 Å². The van der Waals surface area contributed by atoms with Gasteiger partial charge in [-0.25, -0.2) is 0 Å². The highest BCUT2D eigenvalue weighted by Gasteiger charge is 2.34. The molecule has 8 nitrogen and oxygen atoms in total. The molecule has 2 aliphatic rings. The van der Waals surface area contributed by atoms with Gasteiger partial charge in [0.25, 0.3) is 0 Å². The molecule has 37 heavy (non-hydrogen) atoms. The normalized spacial score (nSPS) is 27.8. The minimum absolute atomic E-state index is 0.113. The molecule has 1 aromatic rings. The summed E-state index contributed by atoms with van der Waals surface area (Å²) in [5.74, 6) is 0.397. The topological polar surface area (TPSA) is 99.8 Å². The van der Waals surface area contributed by atoms with Crippen LogP contribution in [0.4, 0.5) is 0 Å². The monoisotopic (exact) mass is 514 g/mol. The molecule has 0 unspecified atom stereocenters. The number of ether oxygens (including phenoxy) is 1. The van der Waals surface area contributed by atoms with E-state index in [1.807, 2.05) is 32.0 Å². The quantitative estimate of drug-likeness (QED) is 0.575. The number of para-hydroxylation sites is 1. The molecule has 1 aromatic carbocycles. The van der Waals surface area contributed by atoms with Gasteiger partial charge >= 0.3 is 0 Å². The van der Waals surface area contributed by atoms with Gasteiger partial charge in [0, 0.05) is 20.1 Å². The first kappa shape index (κ1) is 29.0. The van der Waals surface area contributed by atoms with Crippen LogP contribution in [0.1, 0.15) is 77.7 Å². The number of amides is 3. The Bertz CT molecular complexity index is 902. The zero-order valence-electron chi connectivity index (χ0n) is 23.1. The second-order valence-electron chi connectivity index (χ2n) is 10.7. The zero-order chi connectivity index (χ0) is 26.8. The van der Waals surface area contributed by atoms with Crippen molar-refractivity contribution in [2.45, 2.75) is 103 Å². The Morgan fingerprint density at radius 1 is 1.00 bits per heavy atom. The highest BCUT2D eigenvalue weighted by atomic mass is 16.5. The van der Waals surface area contributed by atoms with E-state index in [4.69, 9.17) is 4.74 Å². The van der Waals surface area contributed by atoms with Gasteiger partial charge in [0.05, 0.1) is 6.04 Å². The molecule has 0 spiro atoms. The first-order chi connectivity index (χ1) is 17.8. The van der Waals surface area contributed by atoms with Crippen LogP contribution in [0.15, 0.2) is 24.3 Å². The first-order valence-electron chi connectivity index (χ1n) is 14.1. The second kappa shape index (κ2) is 14.4. The molecule has 0 saturated heterocycles. The summed E-state index contributed by atoms with van der Waals surface area (Å²) in [6.45, 7) is 6.79. The van der Waals surface area contributed by atoms with Gasteiger partial charge in [0.1, 0.15) is 23.9 Å². The average molecular weight is 515 g/mol. The molecular formula is C29H46N4O4. The first-order valence-corrected chi connectivity index (χ1v) is 14.1. The summed E-state index contributed by atoms with van der Waals surface area (Å²) in [5.41, 5.74) is 1.09. The highest BCUT2D eigenvalue weighted by molar-refractivity contribution is 5.93. The van der Waals surface area contributed by atoms with Gasteiger partial charge in [-0.2, -0.15) is 0 Å². The van der Waals surface area contributed by atoms with Crippen molar-refractivity contribution in [2.75, 3.05) is 20.1 Å². The van der Waals surface area contributed by atoms with Crippen molar-refractivity contribution in [1.29, 1.82) is 0 Å². The lowest BCUT2D eigenvalue weighted by Gasteiger charge is -2.33. The van der Waals surface area contributed by atoms with E-state index >= 15 is 0 Å². The fourth-order valence-corrected chi connectivity index (χ4v) is 5.35. The summed E-state index contributed by atoms with van der Waals surface area (Å²) in [6.07, 6.45) is 8.04. The Labute approximate surface area is 222 Å². The average Bonchev–Trinajstić information content (AvgIpc) is 2.91. The second-order valence-corrected chi connectivity index (χ2v) is 10.7. The van der Waals surface area contributed by atoms with E-state index in [0.29, 0.717) is 19.5 Å². The molecule has 206 valence electrons. The molecule has 8 heteroatoms. The Morgan fingerprint density at radius 2 is 1.73 bits per heavy atom. The van der Waals surface area contributed by atoms with Gasteiger partial charge in [-0.3, -0.25) is 14.4 Å². The van der Waals surface area contributed by atoms with E-state index in [9.17, 15) is 14.4 Å². The van der Waals surface area contributed by atoms with Crippen molar-refractivity contribution in [3.63, 3.8) is 0 Å². The maximum absolute atomic E-state index is 13.4. The molecule has 4 atom stereocenters. The molecule has 1 saturated carbocycles. The summed E-state index contributed by atoms with van der Waals surface area (Å²) in [5, 5.41) is 9.47. The van der Waals surface area contributed by atoms with Crippen LogP contribution in [-0.2, 0) is 20.8 Å². The number of fused-ring (bicyclic) bond motifs is 1. The summed E-state index contributed by atoms with van der Waals surface area (Å²) >= 11 is 0. The molecule has 0 aromatic heterocycles. The highest BCUT2D eigenvalue weighted by Crippen LogP contribution is 2.27. The Balaban J connectivity index is 1.84. The molecule has 3 amide bonds. The standard InChI is InChI=1S/C29H46N4O4/c1-5-12-24-29(36)33(4)21(3)27(34)32-26(23-14-7-6-8-15-23)28(35)30-18-11-16-22-13-9-10-17-25(22)37-20(2)19-31-24/h9-10,13,17,20-21,23-24,26,31H,5-8,11-12,14-16,18-19H2,1-4H3,(H,30,35)(H,32,34)/t20-,21-,24+,26-/m1/s1. The number of rotatable bonds is 3. The number of hydrogen-bond donors (Lipinski definition) is 3. The summed E-state index contributed by atoms with van der Waals surface area (Å²) in [6, 6.07) is 6.30. The van der Waals surface area contributed by atoms with Crippen LogP contribution in [0.3, 0.4) is 0 Å². The van der Waals surface area contributed by atoms with Crippen LogP contribution < -0.4 is 20.7 Å². The lowest BCUT2D eigenvalue weighted by molar-refractivity contribution is -0.141. The number of likely N-dealkylation sites (N-methyl/N-ethyl adjacent to an activating group) is 1. The van der Waals surface area contributed by atoms with Crippen molar-refractivity contribution in [1.82, 2.24) is 20.9 Å². The number of nitrogens with zero attached hydrogens (tertiary/aromatic N) is 1. The van der Waals surface area contributed by atoms with Gasteiger partial charge in [0.15, 0.2) is 0 Å². The van der Waals surface area contributed by atoms with Crippen molar-refractivity contribution in [3.05, 3.63) is 29.8 Å². The number of benzene rings is 1.